The van der Waals surface area contributed by atoms with Gasteiger partial charge in [0.15, 0.2) is 5.17 Å². The molecule has 4 rings (SSSR count). The normalized spacial score (nSPS) is 15.4. The van der Waals surface area contributed by atoms with Gasteiger partial charge in [0.05, 0.1) is 25.3 Å². The summed E-state index contributed by atoms with van der Waals surface area (Å²) in [5.41, 5.74) is 1.92. The summed E-state index contributed by atoms with van der Waals surface area (Å²) in [6.45, 7) is 3.41. The zero-order chi connectivity index (χ0) is 25.1. The molecule has 0 saturated carbocycles. The summed E-state index contributed by atoms with van der Waals surface area (Å²) in [4.78, 5) is 43.7. The number of carbonyl (C=O) groups is 1. The third kappa shape index (κ3) is 5.55. The second kappa shape index (κ2) is 10.1. The molecule has 1 amide bonds. The molecule has 1 N–H and O–H groups in total. The van der Waals surface area contributed by atoms with E-state index >= 15 is 0 Å². The van der Waals surface area contributed by atoms with Gasteiger partial charge in [-0.2, -0.15) is 0 Å². The number of amidine groups is 1. The first-order valence-corrected chi connectivity index (χ1v) is 11.8. The fraction of sp³-hybridized carbons (Fsp3) is 0.0870. The highest BCUT2D eigenvalue weighted by molar-refractivity contribution is 8.18. The van der Waals surface area contributed by atoms with Crippen LogP contribution in [0.4, 0.5) is 17.1 Å². The summed E-state index contributed by atoms with van der Waals surface area (Å²) in [7, 11) is 0. The number of hydrogen-bond acceptors (Lipinski definition) is 9. The van der Waals surface area contributed by atoms with Gasteiger partial charge in [0.25, 0.3) is 17.3 Å². The molecule has 176 valence electrons. The third-order valence-electron chi connectivity index (χ3n) is 5.03. The molecule has 1 aliphatic heterocycles. The fourth-order valence-corrected chi connectivity index (χ4v) is 4.90. The van der Waals surface area contributed by atoms with Gasteiger partial charge in [-0.15, -0.1) is 0 Å². The lowest BCUT2D eigenvalue weighted by Crippen LogP contribution is -2.19. The van der Waals surface area contributed by atoms with Crippen LogP contribution in [0.2, 0.25) is 0 Å². The maximum atomic E-state index is 12.5. The highest BCUT2D eigenvalue weighted by atomic mass is 32.2. The number of pyridine rings is 1. The molecular weight excluding hydrogens is 490 g/mol. The number of aromatic nitrogens is 1. The summed E-state index contributed by atoms with van der Waals surface area (Å²) in [5.74, 6) is -0.415. The molecule has 12 heteroatoms. The number of carbonyl (C=O) groups excluding carboxylic acids is 1. The number of hydrogen-bond donors (Lipinski definition) is 1. The Morgan fingerprint density at radius 2 is 1.83 bits per heavy atom. The zero-order valence-electron chi connectivity index (χ0n) is 18.4. The van der Waals surface area contributed by atoms with Gasteiger partial charge >= 0.3 is 0 Å². The van der Waals surface area contributed by atoms with E-state index in [9.17, 15) is 25.0 Å². The van der Waals surface area contributed by atoms with Crippen LogP contribution in [0, 0.1) is 34.1 Å². The van der Waals surface area contributed by atoms with Gasteiger partial charge in [-0.05, 0) is 67.1 Å². The van der Waals surface area contributed by atoms with E-state index in [1.54, 1.807) is 56.4 Å². The van der Waals surface area contributed by atoms with Crippen molar-refractivity contribution in [2.45, 2.75) is 23.8 Å². The summed E-state index contributed by atoms with van der Waals surface area (Å²) >= 11 is 2.23. The molecule has 1 aromatic heterocycles. The maximum absolute atomic E-state index is 12.5. The van der Waals surface area contributed by atoms with Crippen molar-refractivity contribution >= 4 is 57.7 Å². The SMILES string of the molecule is Cc1cc(N=C2NC(=O)/C(=C/c3ccc(Sc4ccccn4)c([N+](=O)[O-])c3)S2)cc([N+](=O)[O-])c1C. The molecule has 0 bridgehead atoms. The Morgan fingerprint density at radius 1 is 1.06 bits per heavy atom. The van der Waals surface area contributed by atoms with Crippen LogP contribution in [0.15, 0.2) is 74.5 Å². The largest absolute Gasteiger partial charge is 0.300 e. The molecule has 0 spiro atoms. The lowest BCUT2D eigenvalue weighted by atomic mass is 10.1. The minimum absolute atomic E-state index is 0.0505. The predicted octanol–water partition coefficient (Wildman–Crippen LogP) is 5.56. The van der Waals surface area contributed by atoms with Crippen molar-refractivity contribution in [1.82, 2.24) is 10.3 Å². The van der Waals surface area contributed by atoms with E-state index < -0.39 is 15.8 Å². The van der Waals surface area contributed by atoms with Gasteiger partial charge in [0, 0.05) is 23.9 Å². The van der Waals surface area contributed by atoms with E-state index in [1.807, 2.05) is 0 Å². The Hall–Kier alpha value is -4.03. The van der Waals surface area contributed by atoms with Crippen molar-refractivity contribution in [2.24, 2.45) is 4.99 Å². The lowest BCUT2D eigenvalue weighted by Gasteiger charge is -2.04. The fourth-order valence-electron chi connectivity index (χ4n) is 3.20. The van der Waals surface area contributed by atoms with Crippen LogP contribution in [0.1, 0.15) is 16.7 Å². The van der Waals surface area contributed by atoms with Crippen LogP contribution < -0.4 is 5.32 Å². The highest BCUT2D eigenvalue weighted by Gasteiger charge is 2.25. The molecule has 1 saturated heterocycles. The molecule has 10 nitrogen and oxygen atoms in total. The molecule has 0 unspecified atom stereocenters. The monoisotopic (exact) mass is 507 g/mol. The molecule has 35 heavy (non-hydrogen) atoms. The Kier molecular flexibility index (Phi) is 6.94. The Bertz CT molecular complexity index is 1420. The summed E-state index contributed by atoms with van der Waals surface area (Å²) < 4.78 is 0. The van der Waals surface area contributed by atoms with E-state index in [0.29, 0.717) is 37.2 Å². The number of nitro groups is 2. The highest BCUT2D eigenvalue weighted by Crippen LogP contribution is 2.36. The molecule has 1 aliphatic rings. The van der Waals surface area contributed by atoms with Crippen molar-refractivity contribution in [3.05, 3.63) is 96.6 Å². The third-order valence-corrected chi connectivity index (χ3v) is 6.96. The van der Waals surface area contributed by atoms with Gasteiger partial charge in [-0.3, -0.25) is 25.0 Å². The molecule has 0 atom stereocenters. The number of nitrogens with zero attached hydrogens (tertiary/aromatic N) is 4. The number of aliphatic imine (C=N–C) groups is 1. The van der Waals surface area contributed by atoms with Crippen molar-refractivity contribution < 1.29 is 14.6 Å². The van der Waals surface area contributed by atoms with Crippen LogP contribution >= 0.6 is 23.5 Å². The Balaban J connectivity index is 1.60. The van der Waals surface area contributed by atoms with Crippen LogP contribution in [-0.2, 0) is 4.79 Å². The van der Waals surface area contributed by atoms with Gasteiger partial charge in [0.1, 0.15) is 5.03 Å². The maximum Gasteiger partial charge on any atom is 0.283 e. The average Bonchev–Trinajstić information content (AvgIpc) is 3.15. The van der Waals surface area contributed by atoms with Crippen LogP contribution in [0.3, 0.4) is 0 Å². The number of nitro benzene ring substituents is 2. The number of benzene rings is 2. The Morgan fingerprint density at radius 3 is 2.51 bits per heavy atom. The first-order valence-electron chi connectivity index (χ1n) is 10.1. The number of aryl methyl sites for hydroxylation is 1. The molecule has 0 aliphatic carbocycles. The smallest absolute Gasteiger partial charge is 0.283 e. The molecule has 1 fully saturated rings. The molecule has 2 aromatic carbocycles. The first-order chi connectivity index (χ1) is 16.7. The summed E-state index contributed by atoms with van der Waals surface area (Å²) in [6, 6.07) is 13.1. The van der Waals surface area contributed by atoms with Crippen molar-refractivity contribution in [2.75, 3.05) is 0 Å². The number of nitrogens with one attached hydrogen (secondary N) is 1. The van der Waals surface area contributed by atoms with Gasteiger partial charge in [0.2, 0.25) is 0 Å². The molecule has 3 aromatic rings. The van der Waals surface area contributed by atoms with E-state index in [2.05, 4.69) is 15.3 Å². The number of amides is 1. The minimum Gasteiger partial charge on any atom is -0.300 e. The molecular formula is C23H17N5O5S2. The minimum atomic E-state index is -0.478. The quantitative estimate of drug-likeness (QED) is 0.260. The molecule has 2 heterocycles. The number of rotatable bonds is 6. The second-order valence-electron chi connectivity index (χ2n) is 7.40. The van der Waals surface area contributed by atoms with E-state index in [1.165, 1.54) is 30.0 Å². The van der Waals surface area contributed by atoms with Crippen molar-refractivity contribution in [3.8, 4) is 0 Å². The van der Waals surface area contributed by atoms with Gasteiger partial charge < -0.3 is 5.32 Å². The van der Waals surface area contributed by atoms with Gasteiger partial charge in [-0.25, -0.2) is 9.98 Å². The molecule has 0 radical (unpaired) electrons. The van der Waals surface area contributed by atoms with E-state index in [-0.39, 0.29) is 16.5 Å². The van der Waals surface area contributed by atoms with Crippen LogP contribution in [0.25, 0.3) is 6.08 Å². The van der Waals surface area contributed by atoms with Crippen LogP contribution in [-0.4, -0.2) is 25.9 Å². The van der Waals surface area contributed by atoms with E-state index in [4.69, 9.17) is 0 Å². The Labute approximate surface area is 207 Å². The zero-order valence-corrected chi connectivity index (χ0v) is 20.1. The van der Waals surface area contributed by atoms with Gasteiger partial charge in [-0.1, -0.05) is 23.9 Å². The van der Waals surface area contributed by atoms with E-state index in [0.717, 1.165) is 11.8 Å². The first kappa shape index (κ1) is 24.1. The number of thioether (sulfide) groups is 1. The lowest BCUT2D eigenvalue weighted by molar-refractivity contribution is -0.387. The summed E-state index contributed by atoms with van der Waals surface area (Å²) in [6.07, 6.45) is 3.14. The van der Waals surface area contributed by atoms with Crippen molar-refractivity contribution in [1.29, 1.82) is 0 Å². The standard InChI is InChI=1S/C23H17N5O5S2/c1-13-9-16(12-17(14(13)2)27(30)31)25-23-26-22(29)20(35-23)11-15-6-7-19(18(10-15)28(32)33)34-21-5-3-4-8-24-21/h3-12H,1-2H3,(H,25,26,29)/b20-11-. The second-order valence-corrected chi connectivity index (χ2v) is 9.49. The topological polar surface area (TPSA) is 141 Å². The predicted molar refractivity (Wildman–Crippen MR) is 135 cm³/mol. The van der Waals surface area contributed by atoms with Crippen molar-refractivity contribution in [3.63, 3.8) is 0 Å². The average molecular weight is 508 g/mol. The van der Waals surface area contributed by atoms with Crippen LogP contribution in [0.5, 0.6) is 0 Å². The summed E-state index contributed by atoms with van der Waals surface area (Å²) in [5, 5.41) is 26.5.